The van der Waals surface area contributed by atoms with Crippen molar-refractivity contribution in [2.45, 2.75) is 97.2 Å². The van der Waals surface area contributed by atoms with E-state index in [-0.39, 0.29) is 42.3 Å². The second-order valence-corrected chi connectivity index (χ2v) is 12.8. The summed E-state index contributed by atoms with van der Waals surface area (Å²) in [6, 6.07) is -0.762. The summed E-state index contributed by atoms with van der Waals surface area (Å²) < 4.78 is 5.57. The second-order valence-electron chi connectivity index (χ2n) is 12.8. The molecule has 38 heavy (non-hydrogen) atoms. The Morgan fingerprint density at radius 3 is 2.61 bits per heavy atom. The van der Waals surface area contributed by atoms with E-state index in [0.717, 1.165) is 37.1 Å². The molecular formula is C27H45N5O6. The number of hydrazine groups is 1. The molecule has 2 unspecified atom stereocenters. The Hall–Kier alpha value is -2.85. The van der Waals surface area contributed by atoms with Crippen LogP contribution in [0.15, 0.2) is 0 Å². The predicted molar refractivity (Wildman–Crippen MR) is 140 cm³/mol. The number of fused-ring (bicyclic) bond motifs is 1. The zero-order chi connectivity index (χ0) is 28.3. The van der Waals surface area contributed by atoms with Gasteiger partial charge in [0.2, 0.25) is 18.2 Å². The molecule has 3 N–H and O–H groups in total. The van der Waals surface area contributed by atoms with E-state index in [0.29, 0.717) is 25.3 Å². The van der Waals surface area contributed by atoms with Crippen LogP contribution < -0.4 is 16.1 Å². The summed E-state index contributed by atoms with van der Waals surface area (Å²) in [6.45, 7) is 11.7. The highest BCUT2D eigenvalue weighted by atomic mass is 16.6. The molecule has 5 atom stereocenters. The molecule has 0 spiro atoms. The SMILES string of the molecule is CC(C)CCC1(C)CC(CN(NC(=O)[C@@H]2[C@H]3CCC[C@H]3CN2C(=O)CNC=O)C(=O)OC(C)(C)C)C(=O)N1. The number of carbonyl (C=O) groups excluding carboxylic acids is 5. The van der Waals surface area contributed by atoms with Crippen molar-refractivity contribution < 1.29 is 28.7 Å². The zero-order valence-electron chi connectivity index (χ0n) is 23.7. The van der Waals surface area contributed by atoms with Gasteiger partial charge in [-0.3, -0.25) is 24.6 Å². The third-order valence-corrected chi connectivity index (χ3v) is 7.84. The summed E-state index contributed by atoms with van der Waals surface area (Å²) in [6.07, 6.45) is 4.72. The highest BCUT2D eigenvalue weighted by Gasteiger charge is 2.50. The minimum absolute atomic E-state index is 0.0234. The van der Waals surface area contributed by atoms with E-state index >= 15 is 0 Å². The van der Waals surface area contributed by atoms with Gasteiger partial charge in [0, 0.05) is 12.1 Å². The van der Waals surface area contributed by atoms with Gasteiger partial charge in [0.25, 0.3) is 5.91 Å². The normalized spacial score (nSPS) is 28.6. The zero-order valence-corrected chi connectivity index (χ0v) is 23.7. The first-order valence-corrected chi connectivity index (χ1v) is 13.8. The van der Waals surface area contributed by atoms with Crippen molar-refractivity contribution in [3.63, 3.8) is 0 Å². The summed E-state index contributed by atoms with van der Waals surface area (Å²) in [5.41, 5.74) is 1.52. The predicted octanol–water partition coefficient (Wildman–Crippen LogP) is 1.96. The first kappa shape index (κ1) is 29.7. The number of amides is 5. The lowest BCUT2D eigenvalue weighted by Gasteiger charge is -2.32. The fourth-order valence-electron chi connectivity index (χ4n) is 6.04. The van der Waals surface area contributed by atoms with Crippen LogP contribution in [0.25, 0.3) is 0 Å². The average Bonchev–Trinajstić information content (AvgIpc) is 3.47. The molecule has 2 heterocycles. The van der Waals surface area contributed by atoms with Crippen molar-refractivity contribution >= 4 is 30.2 Å². The molecule has 214 valence electrons. The van der Waals surface area contributed by atoms with Crippen LogP contribution in [0.4, 0.5) is 4.79 Å². The molecule has 3 aliphatic rings. The molecule has 1 aliphatic carbocycles. The van der Waals surface area contributed by atoms with Crippen LogP contribution in [-0.2, 0) is 23.9 Å². The molecule has 2 aliphatic heterocycles. The van der Waals surface area contributed by atoms with Crippen molar-refractivity contribution in [2.24, 2.45) is 23.7 Å². The van der Waals surface area contributed by atoms with Gasteiger partial charge in [-0.2, -0.15) is 0 Å². The third-order valence-electron chi connectivity index (χ3n) is 7.84. The molecule has 3 fully saturated rings. The monoisotopic (exact) mass is 535 g/mol. The van der Waals surface area contributed by atoms with Crippen molar-refractivity contribution in [3.05, 3.63) is 0 Å². The van der Waals surface area contributed by atoms with Gasteiger partial charge >= 0.3 is 6.09 Å². The van der Waals surface area contributed by atoms with Gasteiger partial charge in [0.15, 0.2) is 0 Å². The lowest BCUT2D eigenvalue weighted by atomic mass is 9.88. The molecule has 1 saturated carbocycles. The Labute approximate surface area is 225 Å². The minimum atomic E-state index is -0.809. The third kappa shape index (κ3) is 7.38. The topological polar surface area (TPSA) is 137 Å². The van der Waals surface area contributed by atoms with Gasteiger partial charge in [0.1, 0.15) is 11.6 Å². The summed E-state index contributed by atoms with van der Waals surface area (Å²) in [7, 11) is 0. The summed E-state index contributed by atoms with van der Waals surface area (Å²) in [4.78, 5) is 64.9. The summed E-state index contributed by atoms with van der Waals surface area (Å²) in [5, 5.41) is 6.57. The van der Waals surface area contributed by atoms with Crippen LogP contribution in [-0.4, -0.2) is 76.9 Å². The van der Waals surface area contributed by atoms with E-state index in [1.54, 1.807) is 20.8 Å². The maximum atomic E-state index is 13.7. The molecule has 0 bridgehead atoms. The number of nitrogens with zero attached hydrogens (tertiary/aromatic N) is 2. The highest BCUT2D eigenvalue weighted by Crippen LogP contribution is 2.42. The molecule has 11 nitrogen and oxygen atoms in total. The number of hydrogen-bond donors (Lipinski definition) is 3. The summed E-state index contributed by atoms with van der Waals surface area (Å²) in [5.74, 6) is -0.825. The molecule has 0 aromatic rings. The van der Waals surface area contributed by atoms with E-state index in [4.69, 9.17) is 4.74 Å². The fourth-order valence-corrected chi connectivity index (χ4v) is 6.04. The number of nitrogens with one attached hydrogen (secondary N) is 3. The highest BCUT2D eigenvalue weighted by molar-refractivity contribution is 5.91. The van der Waals surface area contributed by atoms with Crippen LogP contribution in [0.5, 0.6) is 0 Å². The quantitative estimate of drug-likeness (QED) is 0.305. The van der Waals surface area contributed by atoms with Crippen molar-refractivity contribution in [2.75, 3.05) is 19.6 Å². The Bertz CT molecular complexity index is 918. The Morgan fingerprint density at radius 1 is 1.26 bits per heavy atom. The van der Waals surface area contributed by atoms with Crippen molar-refractivity contribution in [3.8, 4) is 0 Å². The summed E-state index contributed by atoms with van der Waals surface area (Å²) >= 11 is 0. The lowest BCUT2D eigenvalue weighted by Crippen LogP contribution is -2.57. The van der Waals surface area contributed by atoms with Gasteiger partial charge in [-0.15, -0.1) is 0 Å². The van der Waals surface area contributed by atoms with E-state index in [1.165, 1.54) is 4.90 Å². The van der Waals surface area contributed by atoms with Gasteiger partial charge in [-0.25, -0.2) is 9.80 Å². The number of ether oxygens (including phenoxy) is 1. The molecular weight excluding hydrogens is 490 g/mol. The maximum absolute atomic E-state index is 13.7. The van der Waals surface area contributed by atoms with E-state index in [2.05, 4.69) is 29.9 Å². The van der Waals surface area contributed by atoms with Crippen LogP contribution in [0.3, 0.4) is 0 Å². The van der Waals surface area contributed by atoms with E-state index in [1.807, 2.05) is 6.92 Å². The van der Waals surface area contributed by atoms with Crippen LogP contribution in [0, 0.1) is 23.7 Å². The smallest absolute Gasteiger partial charge is 0.429 e. The van der Waals surface area contributed by atoms with Gasteiger partial charge in [-0.1, -0.05) is 20.3 Å². The molecule has 11 heteroatoms. The molecule has 0 aromatic carbocycles. The van der Waals surface area contributed by atoms with Crippen LogP contribution >= 0.6 is 0 Å². The molecule has 5 amide bonds. The number of likely N-dealkylation sites (tertiary alicyclic amines) is 1. The van der Waals surface area contributed by atoms with E-state index in [9.17, 15) is 24.0 Å². The maximum Gasteiger partial charge on any atom is 0.429 e. The second kappa shape index (κ2) is 11.9. The fraction of sp³-hybridized carbons (Fsp3) is 0.815. The largest absolute Gasteiger partial charge is 0.442 e. The van der Waals surface area contributed by atoms with Crippen molar-refractivity contribution in [1.82, 2.24) is 26.0 Å². The number of hydrogen-bond acceptors (Lipinski definition) is 6. The Kier molecular flexibility index (Phi) is 9.30. The molecule has 0 aromatic heterocycles. The van der Waals surface area contributed by atoms with Gasteiger partial charge < -0.3 is 20.3 Å². The minimum Gasteiger partial charge on any atom is -0.442 e. The Balaban J connectivity index is 1.78. The van der Waals surface area contributed by atoms with Gasteiger partial charge in [0.05, 0.1) is 19.0 Å². The number of rotatable bonds is 9. The molecule has 0 radical (unpaired) electrons. The first-order chi connectivity index (χ1) is 17.7. The lowest BCUT2D eigenvalue weighted by molar-refractivity contribution is -0.141. The first-order valence-electron chi connectivity index (χ1n) is 13.8. The van der Waals surface area contributed by atoms with Crippen LogP contribution in [0.2, 0.25) is 0 Å². The molecule has 2 saturated heterocycles. The van der Waals surface area contributed by atoms with Crippen LogP contribution in [0.1, 0.15) is 80.1 Å². The van der Waals surface area contributed by atoms with Gasteiger partial charge in [-0.05, 0) is 77.6 Å². The Morgan fingerprint density at radius 2 is 1.97 bits per heavy atom. The van der Waals surface area contributed by atoms with Crippen molar-refractivity contribution in [1.29, 1.82) is 0 Å². The number of carbonyl (C=O) groups is 5. The average molecular weight is 536 g/mol. The molecule has 3 rings (SSSR count). The standard InChI is InChI=1S/C27H45N5O6/c1-17(2)10-11-27(6)12-19(23(35)29-27)15-32(25(37)38-26(3,4)5)30-24(36)22-20-9-7-8-18(20)14-31(22)21(34)13-28-16-33/h16-20,22H,7-15H2,1-6H3,(H,28,33)(H,29,35)(H,30,36)/t18-,19?,20-,22-,27?/m0/s1. The van der Waals surface area contributed by atoms with E-state index < -0.39 is 29.6 Å².